The van der Waals surface area contributed by atoms with Crippen LogP contribution in [0.2, 0.25) is 0 Å². The number of hydrogen-bond acceptors (Lipinski definition) is 4. The number of nitrogens with zero attached hydrogens (tertiary/aromatic N) is 2. The van der Waals surface area contributed by atoms with Gasteiger partial charge in [0.15, 0.2) is 0 Å². The summed E-state index contributed by atoms with van der Waals surface area (Å²) in [6, 6.07) is 8.30. The number of pyridine rings is 1. The van der Waals surface area contributed by atoms with Crippen LogP contribution in [-0.2, 0) is 0 Å². The number of aromatic nitrogens is 3. The van der Waals surface area contributed by atoms with Gasteiger partial charge in [-0.15, -0.1) is 0 Å². The highest BCUT2D eigenvalue weighted by Gasteiger charge is 2.27. The van der Waals surface area contributed by atoms with Gasteiger partial charge in [-0.05, 0) is 24.3 Å². The molecule has 0 amide bonds. The number of nitrogens with one attached hydrogen (secondary N) is 2. The van der Waals surface area contributed by atoms with Crippen molar-refractivity contribution in [2.75, 3.05) is 11.9 Å². The van der Waals surface area contributed by atoms with Crippen molar-refractivity contribution >= 4 is 16.5 Å². The molecule has 3 aromatic rings. The van der Waals surface area contributed by atoms with E-state index in [2.05, 4.69) is 20.5 Å². The van der Waals surface area contributed by atoms with E-state index >= 15 is 0 Å². The Hall–Kier alpha value is -2.76. The maximum Gasteiger partial charge on any atom is 0.272 e. The predicted octanol–water partition coefficient (Wildman–Crippen LogP) is 2.01. The van der Waals surface area contributed by atoms with Crippen molar-refractivity contribution in [1.29, 1.82) is 0 Å². The lowest BCUT2D eigenvalue weighted by molar-refractivity contribution is 0.628. The van der Waals surface area contributed by atoms with Crippen molar-refractivity contribution in [1.82, 2.24) is 15.2 Å². The summed E-state index contributed by atoms with van der Waals surface area (Å²) in [7, 11) is 0. The monoisotopic (exact) mass is 282 g/mol. The summed E-state index contributed by atoms with van der Waals surface area (Å²) in [5.41, 5.74) is 1.79. The van der Waals surface area contributed by atoms with E-state index in [0.29, 0.717) is 23.0 Å². The molecular formula is C15H11FN4O. The minimum atomic E-state index is -0.441. The Kier molecular flexibility index (Phi) is 2.50. The summed E-state index contributed by atoms with van der Waals surface area (Å²) in [6.45, 7) is 0.557. The van der Waals surface area contributed by atoms with E-state index in [1.54, 1.807) is 6.20 Å². The van der Waals surface area contributed by atoms with Gasteiger partial charge in [-0.3, -0.25) is 9.78 Å². The Bertz CT molecular complexity index is 891. The maximum absolute atomic E-state index is 13.6. The van der Waals surface area contributed by atoms with Gasteiger partial charge in [0.2, 0.25) is 0 Å². The van der Waals surface area contributed by atoms with E-state index in [1.807, 2.05) is 18.2 Å². The number of H-pyrrole nitrogens is 1. The van der Waals surface area contributed by atoms with Gasteiger partial charge in [0.05, 0.1) is 22.7 Å². The molecule has 2 N–H and O–H groups in total. The second kappa shape index (κ2) is 4.37. The number of benzene rings is 1. The molecule has 0 aliphatic carbocycles. The lowest BCUT2D eigenvalue weighted by Crippen LogP contribution is -2.25. The average molecular weight is 282 g/mol. The van der Waals surface area contributed by atoms with E-state index in [-0.39, 0.29) is 5.92 Å². The first-order chi connectivity index (χ1) is 10.2. The van der Waals surface area contributed by atoms with Crippen LogP contribution in [-0.4, -0.2) is 21.7 Å². The zero-order valence-electron chi connectivity index (χ0n) is 10.9. The second-order valence-corrected chi connectivity index (χ2v) is 5.00. The molecule has 0 saturated carbocycles. The standard InChI is InChI=1S/C15H11FN4O/c16-8-5-9-13-12(6-8)18-7-10(11-3-1-2-4-17-11)14(13)19-20-15(9)21/h1-6,10,18H,7H2,(H,20,21). The van der Waals surface area contributed by atoms with Crippen LogP contribution in [0.25, 0.3) is 10.8 Å². The molecule has 1 aromatic carbocycles. The molecule has 1 atom stereocenters. The Morgan fingerprint density at radius 2 is 2.19 bits per heavy atom. The van der Waals surface area contributed by atoms with Crippen LogP contribution >= 0.6 is 0 Å². The van der Waals surface area contributed by atoms with Crippen molar-refractivity contribution in [3.05, 3.63) is 64.1 Å². The van der Waals surface area contributed by atoms with Gasteiger partial charge in [-0.1, -0.05) is 6.07 Å². The van der Waals surface area contributed by atoms with Gasteiger partial charge in [0.1, 0.15) is 5.82 Å². The van der Waals surface area contributed by atoms with E-state index < -0.39 is 11.4 Å². The molecule has 5 nitrogen and oxygen atoms in total. The second-order valence-electron chi connectivity index (χ2n) is 5.00. The summed E-state index contributed by atoms with van der Waals surface area (Å²) >= 11 is 0. The summed E-state index contributed by atoms with van der Waals surface area (Å²) in [6.07, 6.45) is 1.72. The molecule has 3 heterocycles. The quantitative estimate of drug-likeness (QED) is 0.716. The van der Waals surface area contributed by atoms with Gasteiger partial charge < -0.3 is 5.32 Å². The highest BCUT2D eigenvalue weighted by atomic mass is 19.1. The first kappa shape index (κ1) is 12.0. The third-order valence-electron chi connectivity index (χ3n) is 3.75. The van der Waals surface area contributed by atoms with Crippen LogP contribution < -0.4 is 10.9 Å². The minimum absolute atomic E-state index is 0.0801. The number of hydrogen-bond donors (Lipinski definition) is 2. The molecule has 0 fully saturated rings. The number of rotatable bonds is 1. The smallest absolute Gasteiger partial charge is 0.272 e. The van der Waals surface area contributed by atoms with Crippen LogP contribution in [0.1, 0.15) is 17.3 Å². The topological polar surface area (TPSA) is 70.7 Å². The molecule has 0 spiro atoms. The van der Waals surface area contributed by atoms with Crippen LogP contribution in [0, 0.1) is 5.82 Å². The Balaban J connectivity index is 2.03. The van der Waals surface area contributed by atoms with E-state index in [4.69, 9.17) is 0 Å². The summed E-state index contributed by atoms with van der Waals surface area (Å²) in [4.78, 5) is 16.2. The van der Waals surface area contributed by atoms with Crippen molar-refractivity contribution in [2.24, 2.45) is 0 Å². The van der Waals surface area contributed by atoms with Crippen LogP contribution in [0.15, 0.2) is 41.3 Å². The highest BCUT2D eigenvalue weighted by molar-refractivity contribution is 5.96. The lowest BCUT2D eigenvalue weighted by Gasteiger charge is -2.25. The third-order valence-corrected chi connectivity index (χ3v) is 3.75. The largest absolute Gasteiger partial charge is 0.383 e. The molecule has 21 heavy (non-hydrogen) atoms. The van der Waals surface area contributed by atoms with E-state index in [1.165, 1.54) is 12.1 Å². The molecule has 0 radical (unpaired) electrons. The average Bonchev–Trinajstić information content (AvgIpc) is 2.51. The molecule has 0 saturated heterocycles. The molecule has 1 aliphatic rings. The van der Waals surface area contributed by atoms with Crippen LogP contribution in [0.3, 0.4) is 0 Å². The number of halogens is 1. The van der Waals surface area contributed by atoms with Gasteiger partial charge in [0.25, 0.3) is 5.56 Å². The molecule has 4 rings (SSSR count). The molecule has 0 bridgehead atoms. The van der Waals surface area contributed by atoms with Gasteiger partial charge in [-0.2, -0.15) is 5.10 Å². The minimum Gasteiger partial charge on any atom is -0.383 e. The number of aromatic amines is 1. The summed E-state index contributed by atoms with van der Waals surface area (Å²) in [5, 5.41) is 10.8. The van der Waals surface area contributed by atoms with Crippen LogP contribution in [0.5, 0.6) is 0 Å². The fourth-order valence-corrected chi connectivity index (χ4v) is 2.82. The fourth-order valence-electron chi connectivity index (χ4n) is 2.82. The van der Waals surface area contributed by atoms with E-state index in [0.717, 1.165) is 11.4 Å². The van der Waals surface area contributed by atoms with Crippen molar-refractivity contribution < 1.29 is 4.39 Å². The summed E-state index contributed by atoms with van der Waals surface area (Å²) in [5.74, 6) is -0.521. The van der Waals surface area contributed by atoms with Crippen molar-refractivity contribution in [3.8, 4) is 0 Å². The lowest BCUT2D eigenvalue weighted by atomic mass is 9.92. The van der Waals surface area contributed by atoms with Crippen molar-refractivity contribution in [2.45, 2.75) is 5.92 Å². The highest BCUT2D eigenvalue weighted by Crippen LogP contribution is 2.35. The Labute approximate surface area is 118 Å². The van der Waals surface area contributed by atoms with Crippen LogP contribution in [0.4, 0.5) is 10.1 Å². The van der Waals surface area contributed by atoms with Gasteiger partial charge >= 0.3 is 0 Å². The zero-order valence-corrected chi connectivity index (χ0v) is 10.9. The molecular weight excluding hydrogens is 271 g/mol. The molecule has 6 heteroatoms. The molecule has 1 aliphatic heterocycles. The van der Waals surface area contributed by atoms with Gasteiger partial charge in [0, 0.05) is 23.8 Å². The molecule has 2 aromatic heterocycles. The SMILES string of the molecule is O=c1[nH]nc2c3c(cc(F)cc13)NCC2c1ccccn1. The third kappa shape index (κ3) is 1.79. The predicted molar refractivity (Wildman–Crippen MR) is 76.9 cm³/mol. The van der Waals surface area contributed by atoms with Crippen molar-refractivity contribution in [3.63, 3.8) is 0 Å². The Morgan fingerprint density at radius 3 is 3.00 bits per heavy atom. The normalized spacial score (nSPS) is 16.7. The first-order valence-electron chi connectivity index (χ1n) is 6.60. The van der Waals surface area contributed by atoms with E-state index in [9.17, 15) is 9.18 Å². The Morgan fingerprint density at radius 1 is 1.29 bits per heavy atom. The fraction of sp³-hybridized carbons (Fsp3) is 0.133. The summed E-state index contributed by atoms with van der Waals surface area (Å²) < 4.78 is 13.6. The first-order valence-corrected chi connectivity index (χ1v) is 6.60. The van der Waals surface area contributed by atoms with Gasteiger partial charge in [-0.25, -0.2) is 9.49 Å². The number of anilines is 1. The molecule has 1 unspecified atom stereocenters. The maximum atomic E-state index is 13.6. The zero-order chi connectivity index (χ0) is 14.4. The molecule has 104 valence electrons.